The minimum absolute atomic E-state index is 0.0114. The molecule has 0 spiro atoms. The van der Waals surface area contributed by atoms with E-state index in [1.807, 2.05) is 12.1 Å². The van der Waals surface area contributed by atoms with Crippen LogP contribution in [0.3, 0.4) is 0 Å². The van der Waals surface area contributed by atoms with E-state index < -0.39 is 17.6 Å². The lowest BCUT2D eigenvalue weighted by Gasteiger charge is -2.28. The maximum Gasteiger partial charge on any atom is 0.416 e. The Hall–Kier alpha value is -2.74. The fourth-order valence-electron chi connectivity index (χ4n) is 2.69. The molecule has 3 rings (SSSR count). The molecule has 8 heteroatoms. The van der Waals surface area contributed by atoms with Crippen LogP contribution in [0.5, 0.6) is 5.75 Å². The van der Waals surface area contributed by atoms with Crippen molar-refractivity contribution in [3.8, 4) is 5.75 Å². The molecule has 0 aromatic heterocycles. The quantitative estimate of drug-likeness (QED) is 0.862. The Labute approximate surface area is 154 Å². The van der Waals surface area contributed by atoms with Crippen LogP contribution in [0, 0.1) is 0 Å². The second-order valence-corrected chi connectivity index (χ2v) is 6.01. The van der Waals surface area contributed by atoms with Crippen LogP contribution in [-0.4, -0.2) is 38.8 Å². The van der Waals surface area contributed by atoms with Crippen molar-refractivity contribution in [3.63, 3.8) is 0 Å². The van der Waals surface area contributed by atoms with E-state index in [1.54, 1.807) is 12.1 Å². The van der Waals surface area contributed by atoms with Gasteiger partial charge in [-0.1, -0.05) is 6.07 Å². The van der Waals surface area contributed by atoms with Crippen LogP contribution < -0.4 is 15.0 Å². The molecule has 1 heterocycles. The van der Waals surface area contributed by atoms with Gasteiger partial charge in [0.15, 0.2) is 6.61 Å². The zero-order valence-electron chi connectivity index (χ0n) is 14.5. The van der Waals surface area contributed by atoms with Crippen molar-refractivity contribution >= 4 is 17.3 Å². The van der Waals surface area contributed by atoms with Gasteiger partial charge in [-0.15, -0.1) is 0 Å². The van der Waals surface area contributed by atoms with Crippen molar-refractivity contribution in [2.45, 2.75) is 6.18 Å². The number of morpholine rings is 1. The Morgan fingerprint density at radius 3 is 2.48 bits per heavy atom. The minimum Gasteiger partial charge on any atom is -0.484 e. The predicted octanol–water partition coefficient (Wildman–Crippen LogP) is 3.56. The SMILES string of the molecule is O=C(COc1cccc(C(F)(F)F)c1)Nc1ccc(N2CCOCC2)cc1. The third-order valence-electron chi connectivity index (χ3n) is 4.06. The molecule has 5 nitrogen and oxygen atoms in total. The van der Waals surface area contributed by atoms with E-state index in [9.17, 15) is 18.0 Å². The summed E-state index contributed by atoms with van der Waals surface area (Å²) in [5.74, 6) is -0.464. The number of benzene rings is 2. The topological polar surface area (TPSA) is 50.8 Å². The van der Waals surface area contributed by atoms with Crippen LogP contribution in [0.25, 0.3) is 0 Å². The summed E-state index contributed by atoms with van der Waals surface area (Å²) in [6.45, 7) is 2.62. The van der Waals surface area contributed by atoms with E-state index >= 15 is 0 Å². The molecular weight excluding hydrogens is 361 g/mol. The van der Waals surface area contributed by atoms with Gasteiger partial charge in [-0.3, -0.25) is 4.79 Å². The maximum atomic E-state index is 12.7. The van der Waals surface area contributed by atoms with Gasteiger partial charge in [0.25, 0.3) is 5.91 Å². The molecule has 144 valence electrons. The first-order valence-corrected chi connectivity index (χ1v) is 8.44. The summed E-state index contributed by atoms with van der Waals surface area (Å²) in [7, 11) is 0. The van der Waals surface area contributed by atoms with Crippen LogP contribution >= 0.6 is 0 Å². The highest BCUT2D eigenvalue weighted by atomic mass is 19.4. The highest BCUT2D eigenvalue weighted by Crippen LogP contribution is 2.31. The summed E-state index contributed by atoms with van der Waals surface area (Å²) in [5, 5.41) is 2.66. The van der Waals surface area contributed by atoms with Gasteiger partial charge in [0.05, 0.1) is 18.8 Å². The van der Waals surface area contributed by atoms with Crippen LogP contribution in [-0.2, 0) is 15.7 Å². The Kier molecular flexibility index (Phi) is 5.85. The van der Waals surface area contributed by atoms with E-state index in [0.29, 0.717) is 18.9 Å². The minimum atomic E-state index is -4.45. The van der Waals surface area contributed by atoms with E-state index in [0.717, 1.165) is 30.9 Å². The summed E-state index contributed by atoms with van der Waals surface area (Å²) in [6, 6.07) is 11.8. The van der Waals surface area contributed by atoms with Gasteiger partial charge in [0.1, 0.15) is 5.75 Å². The molecule has 2 aromatic rings. The van der Waals surface area contributed by atoms with E-state index in [2.05, 4.69) is 10.2 Å². The Bertz CT molecular complexity index is 773. The van der Waals surface area contributed by atoms with Gasteiger partial charge in [-0.25, -0.2) is 0 Å². The van der Waals surface area contributed by atoms with Crippen molar-refractivity contribution < 1.29 is 27.4 Å². The second-order valence-electron chi connectivity index (χ2n) is 6.01. The van der Waals surface area contributed by atoms with Crippen molar-refractivity contribution in [3.05, 3.63) is 54.1 Å². The Morgan fingerprint density at radius 2 is 1.81 bits per heavy atom. The molecular formula is C19H19F3N2O3. The van der Waals surface area contributed by atoms with Crippen molar-refractivity contribution in [2.24, 2.45) is 0 Å². The lowest BCUT2D eigenvalue weighted by atomic mass is 10.2. The number of anilines is 2. The first kappa shape index (κ1) is 19.0. The monoisotopic (exact) mass is 380 g/mol. The zero-order chi connectivity index (χ0) is 19.3. The zero-order valence-corrected chi connectivity index (χ0v) is 14.5. The van der Waals surface area contributed by atoms with Crippen LogP contribution in [0.4, 0.5) is 24.5 Å². The van der Waals surface area contributed by atoms with Gasteiger partial charge in [0.2, 0.25) is 0 Å². The molecule has 1 aliphatic heterocycles. The second kappa shape index (κ2) is 8.30. The largest absolute Gasteiger partial charge is 0.484 e. The molecule has 2 aromatic carbocycles. The number of nitrogens with zero attached hydrogens (tertiary/aromatic N) is 1. The normalized spacial score (nSPS) is 14.7. The van der Waals surface area contributed by atoms with Gasteiger partial charge in [-0.05, 0) is 42.5 Å². The molecule has 1 N–H and O–H groups in total. The number of amides is 1. The van der Waals surface area contributed by atoms with Gasteiger partial charge >= 0.3 is 6.18 Å². The molecule has 1 fully saturated rings. The van der Waals surface area contributed by atoms with Crippen molar-refractivity contribution in [1.29, 1.82) is 0 Å². The maximum absolute atomic E-state index is 12.7. The van der Waals surface area contributed by atoms with Crippen LogP contribution in [0.2, 0.25) is 0 Å². The predicted molar refractivity (Wildman–Crippen MR) is 95.0 cm³/mol. The number of halogens is 3. The first-order chi connectivity index (χ1) is 12.9. The molecule has 0 radical (unpaired) electrons. The molecule has 1 aliphatic rings. The van der Waals surface area contributed by atoms with Gasteiger partial charge < -0.3 is 19.7 Å². The summed E-state index contributed by atoms with van der Waals surface area (Å²) in [5.41, 5.74) is 0.806. The molecule has 0 aliphatic carbocycles. The summed E-state index contributed by atoms with van der Waals surface area (Å²) >= 11 is 0. The van der Waals surface area contributed by atoms with Gasteiger partial charge in [-0.2, -0.15) is 13.2 Å². The number of nitrogens with one attached hydrogen (secondary N) is 1. The third-order valence-corrected chi connectivity index (χ3v) is 4.06. The highest BCUT2D eigenvalue weighted by Gasteiger charge is 2.30. The van der Waals surface area contributed by atoms with E-state index in [4.69, 9.17) is 9.47 Å². The van der Waals surface area contributed by atoms with Gasteiger partial charge in [0, 0.05) is 24.5 Å². The first-order valence-electron chi connectivity index (χ1n) is 8.44. The Morgan fingerprint density at radius 1 is 1.11 bits per heavy atom. The summed E-state index contributed by atoms with van der Waals surface area (Å²) < 4.78 is 48.5. The highest BCUT2D eigenvalue weighted by molar-refractivity contribution is 5.92. The lowest BCUT2D eigenvalue weighted by molar-refractivity contribution is -0.137. The average Bonchev–Trinajstić information content (AvgIpc) is 2.67. The van der Waals surface area contributed by atoms with Crippen molar-refractivity contribution in [1.82, 2.24) is 0 Å². The molecule has 0 unspecified atom stereocenters. The van der Waals surface area contributed by atoms with E-state index in [-0.39, 0.29) is 12.4 Å². The molecule has 27 heavy (non-hydrogen) atoms. The molecule has 1 amide bonds. The Balaban J connectivity index is 1.52. The number of carbonyl (C=O) groups is 1. The molecule has 1 saturated heterocycles. The average molecular weight is 380 g/mol. The fourth-order valence-corrected chi connectivity index (χ4v) is 2.69. The number of hydrogen-bond acceptors (Lipinski definition) is 4. The van der Waals surface area contributed by atoms with Crippen LogP contribution in [0.1, 0.15) is 5.56 Å². The van der Waals surface area contributed by atoms with Crippen LogP contribution in [0.15, 0.2) is 48.5 Å². The lowest BCUT2D eigenvalue weighted by Crippen LogP contribution is -2.36. The summed E-state index contributed by atoms with van der Waals surface area (Å²) in [4.78, 5) is 14.2. The smallest absolute Gasteiger partial charge is 0.416 e. The molecule has 0 bridgehead atoms. The molecule has 0 saturated carbocycles. The number of alkyl halides is 3. The summed E-state index contributed by atoms with van der Waals surface area (Å²) in [6.07, 6.45) is -4.45. The van der Waals surface area contributed by atoms with Crippen molar-refractivity contribution in [2.75, 3.05) is 43.1 Å². The fraction of sp³-hybridized carbons (Fsp3) is 0.316. The standard InChI is InChI=1S/C19H19F3N2O3/c20-19(21,22)14-2-1-3-17(12-14)27-13-18(25)23-15-4-6-16(7-5-15)24-8-10-26-11-9-24/h1-7,12H,8-11,13H2,(H,23,25). The number of hydrogen-bond donors (Lipinski definition) is 1. The third kappa shape index (κ3) is 5.37. The molecule has 0 atom stereocenters. The number of ether oxygens (including phenoxy) is 2. The number of carbonyl (C=O) groups excluding carboxylic acids is 1. The van der Waals surface area contributed by atoms with E-state index in [1.165, 1.54) is 12.1 Å². The number of rotatable bonds is 5.